The number of rotatable bonds is 7. The Morgan fingerprint density at radius 2 is 2.05 bits per heavy atom. The largest absolute Gasteiger partial charge is 0.389 e. The van der Waals surface area contributed by atoms with Crippen LogP contribution < -0.4 is 15.8 Å². The Labute approximate surface area is 123 Å². The van der Waals surface area contributed by atoms with Crippen LogP contribution in [0.15, 0.2) is 24.3 Å². The minimum Gasteiger partial charge on any atom is -0.389 e. The van der Waals surface area contributed by atoms with Crippen LogP contribution in [0.5, 0.6) is 0 Å². The summed E-state index contributed by atoms with van der Waals surface area (Å²) in [5.41, 5.74) is 6.73. The highest BCUT2D eigenvalue weighted by Crippen LogP contribution is 2.08. The predicted molar refractivity (Wildman–Crippen MR) is 81.6 cm³/mol. The topological polar surface area (TPSA) is 101 Å². The number of nitrogens with two attached hydrogens (primary N) is 1. The summed E-state index contributed by atoms with van der Waals surface area (Å²) in [5, 5.41) is 2.51. The predicted octanol–water partition coefficient (Wildman–Crippen LogP) is -0.124. The Bertz CT molecular complexity index is 600. The Balaban J connectivity index is 2.60. The highest BCUT2D eigenvalue weighted by Gasteiger charge is 2.11. The molecule has 6 nitrogen and oxygen atoms in total. The Hall–Kier alpha value is -1.51. The molecular weight excluding hydrogens is 298 g/mol. The van der Waals surface area contributed by atoms with Gasteiger partial charge in [0.1, 0.15) is 4.99 Å². The molecule has 4 N–H and O–H groups in total. The second-order valence-electron chi connectivity index (χ2n) is 4.20. The lowest BCUT2D eigenvalue weighted by atomic mass is 10.1. The average Bonchev–Trinajstić information content (AvgIpc) is 2.34. The van der Waals surface area contributed by atoms with Crippen molar-refractivity contribution in [3.63, 3.8) is 0 Å². The van der Waals surface area contributed by atoms with E-state index >= 15 is 0 Å². The fourth-order valence-electron chi connectivity index (χ4n) is 1.53. The Morgan fingerprint density at radius 3 is 2.65 bits per heavy atom. The molecule has 0 unspecified atom stereocenters. The third kappa shape index (κ3) is 6.09. The molecule has 0 saturated carbocycles. The van der Waals surface area contributed by atoms with Gasteiger partial charge in [0.05, 0.1) is 5.75 Å². The van der Waals surface area contributed by atoms with Crippen LogP contribution in [0.4, 0.5) is 0 Å². The van der Waals surface area contributed by atoms with Gasteiger partial charge in [0.2, 0.25) is 15.9 Å². The van der Waals surface area contributed by atoms with E-state index in [1.165, 1.54) is 6.92 Å². The fourth-order valence-corrected chi connectivity index (χ4v) is 2.79. The monoisotopic (exact) mass is 315 g/mol. The van der Waals surface area contributed by atoms with E-state index in [0.29, 0.717) is 11.1 Å². The summed E-state index contributed by atoms with van der Waals surface area (Å²) in [7, 11) is -3.46. The number of amides is 1. The number of thiocarbonyl (C=S) groups is 1. The summed E-state index contributed by atoms with van der Waals surface area (Å²) in [4.78, 5) is 10.9. The number of carbonyl (C=O) groups is 1. The lowest BCUT2D eigenvalue weighted by Gasteiger charge is -2.08. The second kappa shape index (κ2) is 7.32. The molecule has 0 aliphatic rings. The zero-order chi connectivity index (χ0) is 15.2. The lowest BCUT2D eigenvalue weighted by Crippen LogP contribution is -2.34. The average molecular weight is 315 g/mol. The number of hydrogen-bond acceptors (Lipinski definition) is 4. The van der Waals surface area contributed by atoms with Gasteiger partial charge >= 0.3 is 0 Å². The molecule has 0 atom stereocenters. The van der Waals surface area contributed by atoms with E-state index in [4.69, 9.17) is 18.0 Å². The highest BCUT2D eigenvalue weighted by atomic mass is 32.2. The summed E-state index contributed by atoms with van der Waals surface area (Å²) in [6.45, 7) is 1.77. The zero-order valence-corrected chi connectivity index (χ0v) is 12.7. The molecule has 0 bridgehead atoms. The summed E-state index contributed by atoms with van der Waals surface area (Å²) in [6.07, 6.45) is 0. The van der Waals surface area contributed by atoms with Gasteiger partial charge < -0.3 is 11.1 Å². The summed E-state index contributed by atoms with van der Waals surface area (Å²) < 4.78 is 26.1. The van der Waals surface area contributed by atoms with Gasteiger partial charge in [-0.05, 0) is 11.6 Å². The molecule has 1 rings (SSSR count). The number of carbonyl (C=O) groups excluding carboxylic acids is 1. The first-order chi connectivity index (χ1) is 9.30. The first-order valence-electron chi connectivity index (χ1n) is 5.91. The van der Waals surface area contributed by atoms with E-state index in [0.717, 1.165) is 0 Å². The van der Waals surface area contributed by atoms with Gasteiger partial charge in [-0.15, -0.1) is 0 Å². The van der Waals surface area contributed by atoms with Gasteiger partial charge in [0.15, 0.2) is 0 Å². The normalized spacial score (nSPS) is 11.1. The maximum Gasteiger partial charge on any atom is 0.216 e. The van der Waals surface area contributed by atoms with Crippen molar-refractivity contribution in [2.24, 2.45) is 5.73 Å². The molecule has 0 aromatic heterocycles. The van der Waals surface area contributed by atoms with Crippen molar-refractivity contribution in [2.45, 2.75) is 12.7 Å². The molecule has 1 aromatic rings. The van der Waals surface area contributed by atoms with Crippen LogP contribution in [0.1, 0.15) is 18.1 Å². The van der Waals surface area contributed by atoms with Crippen molar-refractivity contribution in [1.82, 2.24) is 10.0 Å². The molecular formula is C12H17N3O3S2. The van der Waals surface area contributed by atoms with Crippen LogP contribution in [0.3, 0.4) is 0 Å². The highest BCUT2D eigenvalue weighted by molar-refractivity contribution is 7.88. The van der Waals surface area contributed by atoms with E-state index < -0.39 is 10.0 Å². The van der Waals surface area contributed by atoms with Crippen LogP contribution in [0.2, 0.25) is 0 Å². The van der Waals surface area contributed by atoms with E-state index in [9.17, 15) is 13.2 Å². The molecule has 110 valence electrons. The molecule has 8 heteroatoms. The van der Waals surface area contributed by atoms with Crippen LogP contribution >= 0.6 is 12.2 Å². The van der Waals surface area contributed by atoms with Gasteiger partial charge in [0, 0.05) is 25.6 Å². The molecule has 20 heavy (non-hydrogen) atoms. The van der Waals surface area contributed by atoms with Crippen LogP contribution in [-0.2, 0) is 20.6 Å². The molecule has 0 aliphatic carbocycles. The molecule has 1 aromatic carbocycles. The van der Waals surface area contributed by atoms with Gasteiger partial charge in [0.25, 0.3) is 0 Å². The minimum absolute atomic E-state index is 0.150. The summed E-state index contributed by atoms with van der Waals surface area (Å²) in [6, 6.07) is 6.77. The molecule has 0 fully saturated rings. The number of hydrogen-bond donors (Lipinski definition) is 3. The molecule has 0 aliphatic heterocycles. The third-order valence-electron chi connectivity index (χ3n) is 2.39. The lowest BCUT2D eigenvalue weighted by molar-refractivity contribution is -0.118. The number of benzene rings is 1. The second-order valence-corrected chi connectivity index (χ2v) is 6.45. The standard InChI is InChI=1S/C12H17N3O3S2/c1-9(16)14-5-6-15-20(17,18)8-10-3-2-4-11(7-10)12(13)19/h2-4,7,15H,5-6,8H2,1H3,(H2,13,19)(H,14,16). The quantitative estimate of drug-likeness (QED) is 0.481. The minimum atomic E-state index is -3.46. The van der Waals surface area contributed by atoms with E-state index in [2.05, 4.69) is 10.0 Å². The van der Waals surface area contributed by atoms with E-state index in [1.807, 2.05) is 0 Å². The van der Waals surface area contributed by atoms with Gasteiger partial charge in [-0.2, -0.15) is 0 Å². The van der Waals surface area contributed by atoms with Crippen molar-refractivity contribution in [3.05, 3.63) is 35.4 Å². The SMILES string of the molecule is CC(=O)NCCNS(=O)(=O)Cc1cccc(C(N)=S)c1. The van der Waals surface area contributed by atoms with E-state index in [1.54, 1.807) is 24.3 Å². The van der Waals surface area contributed by atoms with Crippen molar-refractivity contribution < 1.29 is 13.2 Å². The van der Waals surface area contributed by atoms with Gasteiger partial charge in [-0.3, -0.25) is 4.79 Å². The number of sulfonamides is 1. The van der Waals surface area contributed by atoms with Crippen molar-refractivity contribution >= 4 is 33.1 Å². The zero-order valence-electron chi connectivity index (χ0n) is 11.0. The molecule has 0 radical (unpaired) electrons. The Kier molecular flexibility index (Phi) is 6.05. The maximum atomic E-state index is 11.8. The number of nitrogens with one attached hydrogen (secondary N) is 2. The maximum absolute atomic E-state index is 11.8. The van der Waals surface area contributed by atoms with E-state index in [-0.39, 0.29) is 29.7 Å². The smallest absolute Gasteiger partial charge is 0.216 e. The van der Waals surface area contributed by atoms with Crippen molar-refractivity contribution in [1.29, 1.82) is 0 Å². The first kappa shape index (κ1) is 16.5. The molecule has 1 amide bonds. The third-order valence-corrected chi connectivity index (χ3v) is 3.98. The summed E-state index contributed by atoms with van der Waals surface area (Å²) >= 11 is 4.85. The van der Waals surface area contributed by atoms with Gasteiger partial charge in [-0.1, -0.05) is 30.4 Å². The molecule has 0 heterocycles. The molecule has 0 spiro atoms. The van der Waals surface area contributed by atoms with Crippen molar-refractivity contribution in [3.8, 4) is 0 Å². The van der Waals surface area contributed by atoms with Crippen LogP contribution in [0, 0.1) is 0 Å². The first-order valence-corrected chi connectivity index (χ1v) is 7.97. The van der Waals surface area contributed by atoms with Crippen molar-refractivity contribution in [2.75, 3.05) is 13.1 Å². The van der Waals surface area contributed by atoms with Gasteiger partial charge in [-0.25, -0.2) is 13.1 Å². The molecule has 0 saturated heterocycles. The Morgan fingerprint density at radius 1 is 1.35 bits per heavy atom. The summed E-state index contributed by atoms with van der Waals surface area (Å²) in [5.74, 6) is -0.364. The fraction of sp³-hybridized carbons (Fsp3) is 0.333. The van der Waals surface area contributed by atoms with Crippen LogP contribution in [0.25, 0.3) is 0 Å². The van der Waals surface area contributed by atoms with Crippen LogP contribution in [-0.4, -0.2) is 32.4 Å².